The molecule has 1 atom stereocenters. The highest BCUT2D eigenvalue weighted by Gasteiger charge is 2.31. The van der Waals surface area contributed by atoms with Crippen LogP contribution in [-0.2, 0) is 6.42 Å². The molecule has 0 radical (unpaired) electrons. The van der Waals surface area contributed by atoms with E-state index >= 15 is 0 Å². The average Bonchev–Trinajstić information content (AvgIpc) is 2.90. The molecule has 0 aliphatic heterocycles. The van der Waals surface area contributed by atoms with E-state index in [1.165, 1.54) is 42.3 Å². The molecule has 82 valence electrons. The molecule has 0 spiro atoms. The zero-order valence-corrected chi connectivity index (χ0v) is 9.29. The van der Waals surface area contributed by atoms with E-state index in [-0.39, 0.29) is 0 Å². The number of H-pyrrole nitrogens is 1. The first-order chi connectivity index (χ1) is 7.92. The molecule has 2 N–H and O–H groups in total. The van der Waals surface area contributed by atoms with E-state index in [1.54, 1.807) is 5.56 Å². The van der Waals surface area contributed by atoms with E-state index in [0.717, 1.165) is 6.04 Å². The molecule has 1 unspecified atom stereocenters. The summed E-state index contributed by atoms with van der Waals surface area (Å²) in [4.78, 5) is 3.56. The SMILES string of the molecule is c1ccc2c3c([nH]c2c1)CCC3NC1CC1. The first kappa shape index (κ1) is 8.82. The van der Waals surface area contributed by atoms with Crippen LogP contribution < -0.4 is 5.32 Å². The van der Waals surface area contributed by atoms with Crippen LogP contribution in [0.15, 0.2) is 24.3 Å². The Bertz CT molecular complexity index is 537. The van der Waals surface area contributed by atoms with Gasteiger partial charge < -0.3 is 10.3 Å². The summed E-state index contributed by atoms with van der Waals surface area (Å²) in [7, 11) is 0. The average molecular weight is 212 g/mol. The van der Waals surface area contributed by atoms with Gasteiger partial charge in [0.15, 0.2) is 0 Å². The van der Waals surface area contributed by atoms with Gasteiger partial charge >= 0.3 is 0 Å². The van der Waals surface area contributed by atoms with Crippen molar-refractivity contribution in [2.45, 2.75) is 37.8 Å². The summed E-state index contributed by atoms with van der Waals surface area (Å²) < 4.78 is 0. The second kappa shape index (κ2) is 3.11. The summed E-state index contributed by atoms with van der Waals surface area (Å²) in [6.07, 6.45) is 5.21. The quantitative estimate of drug-likeness (QED) is 0.787. The van der Waals surface area contributed by atoms with Crippen LogP contribution in [0.4, 0.5) is 0 Å². The molecule has 1 heterocycles. The Balaban J connectivity index is 1.82. The molecule has 4 rings (SSSR count). The minimum absolute atomic E-state index is 0.596. The van der Waals surface area contributed by atoms with Gasteiger partial charge in [-0.1, -0.05) is 18.2 Å². The second-order valence-electron chi connectivity index (χ2n) is 5.10. The fourth-order valence-corrected chi connectivity index (χ4v) is 2.95. The number of benzene rings is 1. The van der Waals surface area contributed by atoms with E-state index in [0.29, 0.717) is 6.04 Å². The van der Waals surface area contributed by atoms with Crippen molar-refractivity contribution < 1.29 is 0 Å². The summed E-state index contributed by atoms with van der Waals surface area (Å²) in [6.45, 7) is 0. The standard InChI is InChI=1S/C14H16N2/c1-2-4-11-10(3-1)14-12(15-9-5-6-9)7-8-13(14)16-11/h1-4,9,12,15-16H,5-8H2. The third-order valence-corrected chi connectivity index (χ3v) is 3.87. The maximum absolute atomic E-state index is 3.77. The summed E-state index contributed by atoms with van der Waals surface area (Å²) in [5.41, 5.74) is 4.30. The minimum Gasteiger partial charge on any atom is -0.358 e. The topological polar surface area (TPSA) is 27.8 Å². The van der Waals surface area contributed by atoms with Crippen molar-refractivity contribution in [2.75, 3.05) is 0 Å². The zero-order chi connectivity index (χ0) is 10.5. The maximum atomic E-state index is 3.77. The van der Waals surface area contributed by atoms with E-state index in [2.05, 4.69) is 34.6 Å². The fraction of sp³-hybridized carbons (Fsp3) is 0.429. The highest BCUT2D eigenvalue weighted by atomic mass is 15.0. The molecule has 2 aliphatic carbocycles. The monoisotopic (exact) mass is 212 g/mol. The molecule has 16 heavy (non-hydrogen) atoms. The number of aromatic nitrogens is 1. The largest absolute Gasteiger partial charge is 0.358 e. The Morgan fingerprint density at radius 2 is 2.00 bits per heavy atom. The number of hydrogen-bond donors (Lipinski definition) is 2. The predicted molar refractivity (Wildman–Crippen MR) is 65.5 cm³/mol. The molecule has 0 amide bonds. The lowest BCUT2D eigenvalue weighted by atomic mass is 10.1. The van der Waals surface area contributed by atoms with Crippen molar-refractivity contribution in [2.24, 2.45) is 0 Å². The Kier molecular flexibility index (Phi) is 1.71. The van der Waals surface area contributed by atoms with Gasteiger partial charge in [0.05, 0.1) is 0 Å². The first-order valence-electron chi connectivity index (χ1n) is 6.27. The van der Waals surface area contributed by atoms with Gasteiger partial charge in [0, 0.05) is 28.7 Å². The van der Waals surface area contributed by atoms with Gasteiger partial charge in [0.25, 0.3) is 0 Å². The van der Waals surface area contributed by atoms with Crippen molar-refractivity contribution in [1.29, 1.82) is 0 Å². The van der Waals surface area contributed by atoms with Crippen LogP contribution in [-0.4, -0.2) is 11.0 Å². The van der Waals surface area contributed by atoms with Gasteiger partial charge in [-0.2, -0.15) is 0 Å². The number of fused-ring (bicyclic) bond motifs is 3. The van der Waals surface area contributed by atoms with Gasteiger partial charge in [-0.25, -0.2) is 0 Å². The Morgan fingerprint density at radius 1 is 1.12 bits per heavy atom. The number of nitrogens with one attached hydrogen (secondary N) is 2. The molecule has 0 saturated heterocycles. The van der Waals surface area contributed by atoms with Gasteiger partial charge in [-0.3, -0.25) is 0 Å². The van der Waals surface area contributed by atoms with Crippen LogP contribution in [0.25, 0.3) is 10.9 Å². The van der Waals surface area contributed by atoms with Crippen LogP contribution >= 0.6 is 0 Å². The zero-order valence-electron chi connectivity index (χ0n) is 9.29. The molecule has 2 aliphatic rings. The number of rotatable bonds is 2. The van der Waals surface area contributed by atoms with E-state index in [4.69, 9.17) is 0 Å². The number of aromatic amines is 1. The van der Waals surface area contributed by atoms with Crippen molar-refractivity contribution in [3.63, 3.8) is 0 Å². The van der Waals surface area contributed by atoms with E-state index in [1.807, 2.05) is 0 Å². The van der Waals surface area contributed by atoms with Crippen LogP contribution in [0, 0.1) is 0 Å². The lowest BCUT2D eigenvalue weighted by Crippen LogP contribution is -2.21. The van der Waals surface area contributed by atoms with Crippen LogP contribution in [0.2, 0.25) is 0 Å². The van der Waals surface area contributed by atoms with E-state index < -0.39 is 0 Å². The van der Waals surface area contributed by atoms with Gasteiger partial charge in [-0.05, 0) is 37.3 Å². The second-order valence-corrected chi connectivity index (χ2v) is 5.10. The van der Waals surface area contributed by atoms with Crippen molar-refractivity contribution in [3.8, 4) is 0 Å². The summed E-state index contributed by atoms with van der Waals surface area (Å²) >= 11 is 0. The molecule has 1 fully saturated rings. The highest BCUT2D eigenvalue weighted by Crippen LogP contribution is 2.38. The number of aryl methyl sites for hydroxylation is 1. The molecular weight excluding hydrogens is 196 g/mol. The fourth-order valence-electron chi connectivity index (χ4n) is 2.95. The van der Waals surface area contributed by atoms with Crippen molar-refractivity contribution >= 4 is 10.9 Å². The third kappa shape index (κ3) is 1.23. The Hall–Kier alpha value is -1.28. The normalized spacial score (nSPS) is 23.9. The summed E-state index contributed by atoms with van der Waals surface area (Å²) in [5.74, 6) is 0. The summed E-state index contributed by atoms with van der Waals surface area (Å²) in [5, 5.41) is 5.19. The Labute approximate surface area is 95.1 Å². The number of hydrogen-bond acceptors (Lipinski definition) is 1. The van der Waals surface area contributed by atoms with Gasteiger partial charge in [-0.15, -0.1) is 0 Å². The van der Waals surface area contributed by atoms with Crippen LogP contribution in [0.3, 0.4) is 0 Å². The van der Waals surface area contributed by atoms with Crippen LogP contribution in [0.5, 0.6) is 0 Å². The molecule has 1 saturated carbocycles. The lowest BCUT2D eigenvalue weighted by Gasteiger charge is -2.12. The van der Waals surface area contributed by atoms with Crippen molar-refractivity contribution in [3.05, 3.63) is 35.5 Å². The molecular formula is C14H16N2. The molecule has 0 bridgehead atoms. The lowest BCUT2D eigenvalue weighted by molar-refractivity contribution is 0.529. The maximum Gasteiger partial charge on any atom is 0.0459 e. The molecule has 2 aromatic rings. The molecule has 1 aromatic carbocycles. The molecule has 2 nitrogen and oxygen atoms in total. The molecule has 2 heteroatoms. The minimum atomic E-state index is 0.596. The summed E-state index contributed by atoms with van der Waals surface area (Å²) in [6, 6.07) is 10.1. The third-order valence-electron chi connectivity index (χ3n) is 3.87. The highest BCUT2D eigenvalue weighted by molar-refractivity contribution is 5.85. The number of para-hydroxylation sites is 1. The van der Waals surface area contributed by atoms with Gasteiger partial charge in [0.1, 0.15) is 0 Å². The Morgan fingerprint density at radius 3 is 2.88 bits per heavy atom. The van der Waals surface area contributed by atoms with E-state index in [9.17, 15) is 0 Å². The molecule has 1 aromatic heterocycles. The smallest absolute Gasteiger partial charge is 0.0459 e. The van der Waals surface area contributed by atoms with Gasteiger partial charge in [0.2, 0.25) is 0 Å². The first-order valence-corrected chi connectivity index (χ1v) is 6.27. The van der Waals surface area contributed by atoms with Crippen molar-refractivity contribution in [1.82, 2.24) is 10.3 Å². The van der Waals surface area contributed by atoms with Crippen LogP contribution in [0.1, 0.15) is 36.6 Å². The predicted octanol–water partition coefficient (Wildman–Crippen LogP) is 2.91.